The van der Waals surface area contributed by atoms with Crippen LogP contribution in [0.4, 0.5) is 5.00 Å². The molecule has 0 aliphatic rings. The van der Waals surface area contributed by atoms with Crippen LogP contribution in [0.5, 0.6) is 0 Å². The number of hydrogen-bond acceptors (Lipinski definition) is 4. The summed E-state index contributed by atoms with van der Waals surface area (Å²) in [4.78, 5) is 22.9. The van der Waals surface area contributed by atoms with Crippen LogP contribution in [-0.2, 0) is 17.8 Å². The maximum atomic E-state index is 12.1. The van der Waals surface area contributed by atoms with Crippen LogP contribution >= 0.6 is 11.3 Å². The second-order valence-electron chi connectivity index (χ2n) is 4.24. The molecule has 4 N–H and O–H groups in total. The maximum absolute atomic E-state index is 12.1. The highest BCUT2D eigenvalue weighted by molar-refractivity contribution is 7.14. The number of carbonyl (C=O) groups is 2. The van der Waals surface area contributed by atoms with Crippen LogP contribution in [0.25, 0.3) is 0 Å². The van der Waals surface area contributed by atoms with E-state index in [0.29, 0.717) is 17.1 Å². The maximum Gasteiger partial charge on any atom is 0.307 e. The number of benzene rings is 1. The van der Waals surface area contributed by atoms with Crippen LogP contribution in [0.3, 0.4) is 0 Å². The Morgan fingerprint density at radius 3 is 2.60 bits per heavy atom. The molecule has 0 aliphatic heterocycles. The number of nitrogen functional groups attached to an aromatic ring is 1. The van der Waals surface area contributed by atoms with Crippen LogP contribution in [0, 0.1) is 0 Å². The van der Waals surface area contributed by atoms with Crippen LogP contribution < -0.4 is 11.1 Å². The van der Waals surface area contributed by atoms with Crippen molar-refractivity contribution >= 4 is 28.2 Å². The van der Waals surface area contributed by atoms with Gasteiger partial charge in [-0.15, -0.1) is 11.3 Å². The largest absolute Gasteiger partial charge is 0.481 e. The van der Waals surface area contributed by atoms with Gasteiger partial charge in [-0.2, -0.15) is 0 Å². The van der Waals surface area contributed by atoms with Gasteiger partial charge in [-0.1, -0.05) is 30.3 Å². The van der Waals surface area contributed by atoms with Gasteiger partial charge in [0.2, 0.25) is 0 Å². The first-order chi connectivity index (χ1) is 9.58. The molecule has 2 aromatic rings. The third-order valence-electron chi connectivity index (χ3n) is 2.76. The molecule has 0 aliphatic carbocycles. The zero-order valence-corrected chi connectivity index (χ0v) is 11.4. The number of hydrogen-bond donors (Lipinski definition) is 3. The molecule has 20 heavy (non-hydrogen) atoms. The molecule has 0 fully saturated rings. The molecule has 0 unspecified atom stereocenters. The van der Waals surface area contributed by atoms with E-state index >= 15 is 0 Å². The summed E-state index contributed by atoms with van der Waals surface area (Å²) in [6, 6.07) is 9.46. The average Bonchev–Trinajstić information content (AvgIpc) is 2.77. The van der Waals surface area contributed by atoms with Crippen molar-refractivity contribution in [1.82, 2.24) is 5.32 Å². The van der Waals surface area contributed by atoms with E-state index in [1.165, 1.54) is 11.3 Å². The first kappa shape index (κ1) is 14.1. The van der Waals surface area contributed by atoms with Crippen LogP contribution in [0.2, 0.25) is 0 Å². The summed E-state index contributed by atoms with van der Waals surface area (Å²) < 4.78 is 0. The molecule has 1 aromatic heterocycles. The molecule has 1 amide bonds. The van der Waals surface area contributed by atoms with E-state index < -0.39 is 5.97 Å². The first-order valence-electron chi connectivity index (χ1n) is 5.97. The summed E-state index contributed by atoms with van der Waals surface area (Å²) in [5.41, 5.74) is 7.44. The van der Waals surface area contributed by atoms with Gasteiger partial charge in [0.05, 0.1) is 17.0 Å². The highest BCUT2D eigenvalue weighted by Crippen LogP contribution is 2.25. The highest BCUT2D eigenvalue weighted by Gasteiger charge is 2.18. The Labute approximate surface area is 120 Å². The number of carboxylic acids is 1. The van der Waals surface area contributed by atoms with Crippen molar-refractivity contribution in [2.24, 2.45) is 0 Å². The summed E-state index contributed by atoms with van der Waals surface area (Å²) in [5.74, 6) is -1.33. The lowest BCUT2D eigenvalue weighted by Gasteiger charge is -2.07. The molecule has 1 heterocycles. The van der Waals surface area contributed by atoms with Gasteiger partial charge in [-0.25, -0.2) is 0 Å². The fourth-order valence-corrected chi connectivity index (χ4v) is 2.64. The van der Waals surface area contributed by atoms with Crippen molar-refractivity contribution in [3.63, 3.8) is 0 Å². The van der Waals surface area contributed by atoms with E-state index in [9.17, 15) is 9.59 Å². The molecule has 0 saturated carbocycles. The van der Waals surface area contributed by atoms with Gasteiger partial charge in [-0.3, -0.25) is 9.59 Å². The van der Waals surface area contributed by atoms with Gasteiger partial charge in [0.15, 0.2) is 0 Å². The van der Waals surface area contributed by atoms with Crippen LogP contribution in [0.15, 0.2) is 35.7 Å². The fourth-order valence-electron chi connectivity index (χ4n) is 1.83. The summed E-state index contributed by atoms with van der Waals surface area (Å²) in [7, 11) is 0. The highest BCUT2D eigenvalue weighted by atomic mass is 32.1. The molecule has 6 heteroatoms. The van der Waals surface area contributed by atoms with Crippen LogP contribution in [0.1, 0.15) is 21.5 Å². The smallest absolute Gasteiger partial charge is 0.307 e. The fraction of sp³-hybridized carbons (Fsp3) is 0.143. The number of rotatable bonds is 5. The zero-order chi connectivity index (χ0) is 14.5. The predicted octanol–water partition coefficient (Wildman–Crippen LogP) is 1.89. The van der Waals surface area contributed by atoms with Crippen molar-refractivity contribution < 1.29 is 14.7 Å². The van der Waals surface area contributed by atoms with Gasteiger partial charge in [-0.05, 0) is 16.5 Å². The van der Waals surface area contributed by atoms with Crippen molar-refractivity contribution in [2.45, 2.75) is 13.0 Å². The topological polar surface area (TPSA) is 92.4 Å². The van der Waals surface area contributed by atoms with Crippen molar-refractivity contribution in [1.29, 1.82) is 0 Å². The normalized spacial score (nSPS) is 10.2. The number of carbonyl (C=O) groups excluding carboxylic acids is 1. The van der Waals surface area contributed by atoms with Gasteiger partial charge in [0.1, 0.15) is 0 Å². The lowest BCUT2D eigenvalue weighted by Crippen LogP contribution is -2.24. The van der Waals surface area contributed by atoms with Gasteiger partial charge >= 0.3 is 5.97 Å². The lowest BCUT2D eigenvalue weighted by molar-refractivity contribution is -0.136. The Bertz CT molecular complexity index is 623. The summed E-state index contributed by atoms with van der Waals surface area (Å²) >= 11 is 1.18. The molecule has 1 aromatic carbocycles. The number of nitrogens with two attached hydrogens (primary N) is 1. The van der Waals surface area contributed by atoms with E-state index in [1.807, 2.05) is 30.3 Å². The summed E-state index contributed by atoms with van der Waals surface area (Å²) in [6.45, 7) is 0.376. The molecule has 5 nitrogen and oxygen atoms in total. The number of amides is 1. The lowest BCUT2D eigenvalue weighted by atomic mass is 10.1. The molecule has 104 valence electrons. The zero-order valence-electron chi connectivity index (χ0n) is 10.6. The molecular weight excluding hydrogens is 276 g/mol. The van der Waals surface area contributed by atoms with Crippen molar-refractivity contribution in [2.75, 3.05) is 5.73 Å². The summed E-state index contributed by atoms with van der Waals surface area (Å²) in [6.07, 6.45) is -0.207. The molecule has 2 rings (SSSR count). The van der Waals surface area contributed by atoms with Crippen molar-refractivity contribution in [3.05, 3.63) is 52.4 Å². The second kappa shape index (κ2) is 6.21. The molecule has 0 atom stereocenters. The van der Waals surface area contributed by atoms with Gasteiger partial charge in [0, 0.05) is 6.54 Å². The standard InChI is InChI=1S/C14H14N2O3S/c15-13-12(10(8-20-13)6-11(17)18)14(19)16-7-9-4-2-1-3-5-9/h1-5,8H,6-7,15H2,(H,16,19)(H,17,18). The molecule has 0 radical (unpaired) electrons. The number of anilines is 1. The second-order valence-corrected chi connectivity index (χ2v) is 5.15. The van der Waals surface area contributed by atoms with E-state index in [0.717, 1.165) is 5.56 Å². The Kier molecular flexibility index (Phi) is 4.37. The van der Waals surface area contributed by atoms with Crippen LogP contribution in [-0.4, -0.2) is 17.0 Å². The summed E-state index contributed by atoms with van der Waals surface area (Å²) in [5, 5.41) is 13.5. The SMILES string of the molecule is Nc1scc(CC(=O)O)c1C(=O)NCc1ccccc1. The minimum Gasteiger partial charge on any atom is -0.481 e. The van der Waals surface area contributed by atoms with E-state index in [2.05, 4.69) is 5.32 Å². The molecule has 0 saturated heterocycles. The average molecular weight is 290 g/mol. The number of carboxylic acid groups (broad SMARTS) is 1. The van der Waals surface area contributed by atoms with Gasteiger partial charge < -0.3 is 16.2 Å². The Hall–Kier alpha value is -2.34. The third kappa shape index (κ3) is 3.36. The predicted molar refractivity (Wildman–Crippen MR) is 77.7 cm³/mol. The Morgan fingerprint density at radius 2 is 1.95 bits per heavy atom. The molecule has 0 spiro atoms. The number of thiophene rings is 1. The van der Waals surface area contributed by atoms with Gasteiger partial charge in [0.25, 0.3) is 5.91 Å². The minimum absolute atomic E-state index is 0.207. The van der Waals surface area contributed by atoms with E-state index in [4.69, 9.17) is 10.8 Å². The third-order valence-corrected chi connectivity index (χ3v) is 3.62. The minimum atomic E-state index is -0.986. The number of nitrogens with one attached hydrogen (secondary N) is 1. The quantitative estimate of drug-likeness (QED) is 0.784. The monoisotopic (exact) mass is 290 g/mol. The first-order valence-corrected chi connectivity index (χ1v) is 6.85. The number of aliphatic carboxylic acids is 1. The van der Waals surface area contributed by atoms with E-state index in [-0.39, 0.29) is 17.9 Å². The molecular formula is C14H14N2O3S. The van der Waals surface area contributed by atoms with Crippen molar-refractivity contribution in [3.8, 4) is 0 Å². The Morgan fingerprint density at radius 1 is 1.25 bits per heavy atom. The Balaban J connectivity index is 2.09. The molecule has 0 bridgehead atoms. The van der Waals surface area contributed by atoms with E-state index in [1.54, 1.807) is 5.38 Å².